The van der Waals surface area contributed by atoms with Crippen LogP contribution >= 0.6 is 0 Å². The number of carbonyl (C=O) groups excluding carboxylic acids is 2. The van der Waals surface area contributed by atoms with E-state index in [9.17, 15) is 14.0 Å². The fourth-order valence-corrected chi connectivity index (χ4v) is 3.80. The Morgan fingerprint density at radius 2 is 1.86 bits per heavy atom. The van der Waals surface area contributed by atoms with Crippen molar-refractivity contribution in [2.75, 3.05) is 7.05 Å². The molecule has 3 aliphatic rings. The number of hydrogen-bond donors (Lipinski definition) is 0. The number of amidine groups is 1. The monoisotopic (exact) mass is 399 g/mol. The zero-order valence-electron chi connectivity index (χ0n) is 17.1. The van der Waals surface area contributed by atoms with Crippen LogP contribution < -0.4 is 0 Å². The van der Waals surface area contributed by atoms with E-state index >= 15 is 0 Å². The zero-order chi connectivity index (χ0) is 21.0. The van der Waals surface area contributed by atoms with Gasteiger partial charge in [0.25, 0.3) is 5.91 Å². The molecule has 1 saturated heterocycles. The van der Waals surface area contributed by atoms with Gasteiger partial charge in [0.1, 0.15) is 11.9 Å². The second-order valence-corrected chi connectivity index (χ2v) is 7.83. The van der Waals surface area contributed by atoms with Crippen LogP contribution in [0.2, 0.25) is 0 Å². The second kappa shape index (κ2) is 6.75. The predicted octanol–water partition coefficient (Wildman–Crippen LogP) is 1.86. The normalized spacial score (nSPS) is 24.2. The number of hydrazone groups is 1. The van der Waals surface area contributed by atoms with Gasteiger partial charge in [-0.2, -0.15) is 0 Å². The Hall–Kier alpha value is -3.10. The Morgan fingerprint density at radius 1 is 1.21 bits per heavy atom. The molecule has 1 aromatic carbocycles. The number of halogens is 1. The minimum absolute atomic E-state index is 0.0471. The number of amides is 3. The third-order valence-corrected chi connectivity index (χ3v) is 5.56. The number of nitrogens with zero attached hydrogens (tertiary/aromatic N) is 6. The first-order valence-electron chi connectivity index (χ1n) is 9.62. The summed E-state index contributed by atoms with van der Waals surface area (Å²) in [6, 6.07) is 4.55. The lowest BCUT2D eigenvalue weighted by Crippen LogP contribution is -2.64. The van der Waals surface area contributed by atoms with Gasteiger partial charge < -0.3 is 0 Å². The van der Waals surface area contributed by atoms with Crippen molar-refractivity contribution >= 4 is 29.4 Å². The lowest BCUT2D eigenvalue weighted by Gasteiger charge is -2.35. The van der Waals surface area contributed by atoms with Crippen molar-refractivity contribution in [3.05, 3.63) is 35.6 Å². The lowest BCUT2D eigenvalue weighted by atomic mass is 10.1. The third kappa shape index (κ3) is 2.92. The summed E-state index contributed by atoms with van der Waals surface area (Å²) in [7, 11) is 1.62. The fraction of sp³-hybridized carbons (Fsp3) is 0.450. The van der Waals surface area contributed by atoms with Gasteiger partial charge in [-0.25, -0.2) is 13.8 Å². The topological polar surface area (TPSA) is 71.6 Å². The van der Waals surface area contributed by atoms with E-state index in [1.165, 1.54) is 21.9 Å². The van der Waals surface area contributed by atoms with Crippen molar-refractivity contribution in [3.63, 3.8) is 0 Å². The smallest absolute Gasteiger partial charge is 0.270 e. The molecule has 0 radical (unpaired) electrons. The van der Waals surface area contributed by atoms with Gasteiger partial charge >= 0.3 is 12.0 Å². The summed E-state index contributed by atoms with van der Waals surface area (Å²) in [6.07, 6.45) is 0. The van der Waals surface area contributed by atoms with Crippen molar-refractivity contribution in [1.82, 2.24) is 14.8 Å². The quantitative estimate of drug-likeness (QED) is 0.729. The molecule has 3 heterocycles. The van der Waals surface area contributed by atoms with E-state index in [-0.39, 0.29) is 30.4 Å². The van der Waals surface area contributed by atoms with Crippen LogP contribution in [0.15, 0.2) is 34.4 Å². The van der Waals surface area contributed by atoms with Gasteiger partial charge in [-0.05, 0) is 45.4 Å². The molecule has 9 heteroatoms. The number of carbonyl (C=O) groups is 2. The van der Waals surface area contributed by atoms with Crippen molar-refractivity contribution in [2.24, 2.45) is 10.1 Å². The maximum Gasteiger partial charge on any atom is 0.417 e. The van der Waals surface area contributed by atoms with Gasteiger partial charge in [0, 0.05) is 7.05 Å². The molecule has 3 aliphatic heterocycles. The molecule has 0 saturated carbocycles. The molecule has 29 heavy (non-hydrogen) atoms. The first-order chi connectivity index (χ1) is 13.7. The van der Waals surface area contributed by atoms with Crippen molar-refractivity contribution in [1.29, 1.82) is 0 Å². The average Bonchev–Trinajstić information content (AvgIpc) is 3.08. The zero-order valence-corrected chi connectivity index (χ0v) is 17.1. The number of guanidine groups is 1. The van der Waals surface area contributed by atoms with Gasteiger partial charge in [-0.3, -0.25) is 14.6 Å². The Labute approximate surface area is 168 Å². The van der Waals surface area contributed by atoms with Crippen LogP contribution in [0, 0.1) is 5.82 Å². The third-order valence-electron chi connectivity index (χ3n) is 5.56. The van der Waals surface area contributed by atoms with E-state index < -0.39 is 12.1 Å². The molecule has 4 rings (SSSR count). The van der Waals surface area contributed by atoms with E-state index in [1.54, 1.807) is 24.2 Å². The van der Waals surface area contributed by atoms with Crippen molar-refractivity contribution in [2.45, 2.75) is 52.4 Å². The summed E-state index contributed by atoms with van der Waals surface area (Å²) in [5, 5.41) is 6.42. The predicted molar refractivity (Wildman–Crippen MR) is 106 cm³/mol. The largest absolute Gasteiger partial charge is 0.417 e. The van der Waals surface area contributed by atoms with E-state index in [4.69, 9.17) is 0 Å². The Morgan fingerprint density at radius 3 is 2.48 bits per heavy atom. The molecule has 0 aromatic heterocycles. The molecule has 152 valence electrons. The van der Waals surface area contributed by atoms with E-state index in [0.29, 0.717) is 17.4 Å². The van der Waals surface area contributed by atoms with Gasteiger partial charge in [-0.1, -0.05) is 17.1 Å². The molecule has 1 fully saturated rings. The molecule has 2 atom stereocenters. The van der Waals surface area contributed by atoms with Crippen LogP contribution in [0.1, 0.15) is 33.3 Å². The van der Waals surface area contributed by atoms with E-state index in [2.05, 4.69) is 10.1 Å². The second-order valence-electron chi connectivity index (χ2n) is 7.83. The highest BCUT2D eigenvalue weighted by Gasteiger charge is 2.56. The van der Waals surface area contributed by atoms with Crippen LogP contribution in [0.4, 0.5) is 9.18 Å². The highest BCUT2D eigenvalue weighted by molar-refractivity contribution is 6.23. The van der Waals surface area contributed by atoms with Crippen molar-refractivity contribution < 1.29 is 18.6 Å². The minimum atomic E-state index is -0.699. The summed E-state index contributed by atoms with van der Waals surface area (Å²) >= 11 is 0. The summed E-state index contributed by atoms with van der Waals surface area (Å²) in [6.45, 7) is 7.97. The summed E-state index contributed by atoms with van der Waals surface area (Å²) in [5.74, 6) is 0.288. The maximum absolute atomic E-state index is 13.4. The molecule has 0 spiro atoms. The number of benzene rings is 1. The molecular formula is C20H24FN6O2+. The number of imide groups is 1. The van der Waals surface area contributed by atoms with Gasteiger partial charge in [0.05, 0.1) is 18.3 Å². The summed E-state index contributed by atoms with van der Waals surface area (Å²) < 4.78 is 15.2. The van der Waals surface area contributed by atoms with Crippen LogP contribution in [-0.4, -0.2) is 74.0 Å². The molecule has 3 amide bonds. The molecular weight excluding hydrogens is 375 g/mol. The highest BCUT2D eigenvalue weighted by atomic mass is 19.1. The number of rotatable bonds is 3. The van der Waals surface area contributed by atoms with Gasteiger partial charge in [0.2, 0.25) is 11.9 Å². The molecule has 0 aliphatic carbocycles. The van der Waals surface area contributed by atoms with Crippen LogP contribution in [0.3, 0.4) is 0 Å². The van der Waals surface area contributed by atoms with Gasteiger partial charge in [0.15, 0.2) is 0 Å². The fourth-order valence-electron chi connectivity index (χ4n) is 3.80. The summed E-state index contributed by atoms with van der Waals surface area (Å²) in [5.41, 5.74) is 1.55. The lowest BCUT2D eigenvalue weighted by molar-refractivity contribution is -0.559. The van der Waals surface area contributed by atoms with Crippen LogP contribution in [0.5, 0.6) is 0 Å². The number of urea groups is 1. The first-order valence-corrected chi connectivity index (χ1v) is 9.62. The summed E-state index contributed by atoms with van der Waals surface area (Å²) in [4.78, 5) is 33.6. The first kappa shape index (κ1) is 19.2. The number of hydrogen-bond acceptors (Lipinski definition) is 5. The van der Waals surface area contributed by atoms with E-state index in [1.807, 2.05) is 32.3 Å². The maximum atomic E-state index is 13.4. The minimum Gasteiger partial charge on any atom is -0.270 e. The molecule has 8 nitrogen and oxygen atoms in total. The molecule has 1 aromatic rings. The number of aliphatic imine (C=N–C) groups is 1. The van der Waals surface area contributed by atoms with Gasteiger partial charge in [-0.15, -0.1) is 10.1 Å². The Kier molecular flexibility index (Phi) is 4.48. The number of fused-ring (bicyclic) bond motifs is 2. The molecule has 0 bridgehead atoms. The Bertz CT molecular complexity index is 981. The average molecular weight is 399 g/mol. The standard InChI is InChI=1S/C20H24FN6O2/c1-11(2)27-19-22-17-16(26(19)13(4)12(3)23-27)18(28)25(20(29)24(17)5)10-14-6-8-15(21)9-7-14/h6-9,11,13,16H,10H2,1-5H3/q+1. The number of likely N-dealkylation sites (N-methyl/N-ethyl adjacent to an activating group) is 1. The Balaban J connectivity index is 1.73. The van der Waals surface area contributed by atoms with Crippen LogP contribution in [-0.2, 0) is 11.3 Å². The van der Waals surface area contributed by atoms with E-state index in [0.717, 1.165) is 5.71 Å². The molecule has 0 N–H and O–H groups in total. The van der Waals surface area contributed by atoms with Crippen LogP contribution in [0.25, 0.3) is 0 Å². The SMILES string of the molecule is CC1=NN(C(C)C)C2=[N+](C1C)C1C(=O)N(Cc3ccc(F)cc3)C(=O)N(C)C1=N2. The molecule has 2 unspecified atom stereocenters. The van der Waals surface area contributed by atoms with Crippen molar-refractivity contribution in [3.8, 4) is 0 Å². The highest BCUT2D eigenvalue weighted by Crippen LogP contribution is 2.27.